The minimum atomic E-state index is -0.217. The Labute approximate surface area is 98.7 Å². The molecule has 2 rings (SSSR count). The van der Waals surface area contributed by atoms with Crippen LogP contribution in [-0.2, 0) is 6.54 Å². The Morgan fingerprint density at radius 2 is 2.29 bits per heavy atom. The van der Waals surface area contributed by atoms with E-state index in [4.69, 9.17) is 0 Å². The van der Waals surface area contributed by atoms with Gasteiger partial charge in [-0.05, 0) is 6.92 Å². The van der Waals surface area contributed by atoms with Crippen LogP contribution in [0.15, 0.2) is 37.3 Å². The molecule has 1 atom stereocenters. The van der Waals surface area contributed by atoms with Gasteiger partial charge in [-0.3, -0.25) is 9.78 Å². The number of imidazole rings is 1. The average Bonchev–Trinajstić information content (AvgIpc) is 2.82. The molecule has 0 fully saturated rings. The first-order valence-electron chi connectivity index (χ1n) is 5.28. The van der Waals surface area contributed by atoms with Gasteiger partial charge in [0.05, 0.1) is 12.5 Å². The number of hydrogen-bond acceptors (Lipinski definition) is 4. The standard InChI is InChI=1S/C11H13N5O/c1-9(7-16-5-4-13-8-16)15-11(17)10-6-12-2-3-14-10/h2-6,8-9H,7H2,1H3,(H,15,17)/t9-/m1/s1. The molecule has 1 N–H and O–H groups in total. The van der Waals surface area contributed by atoms with Crippen molar-refractivity contribution in [3.63, 3.8) is 0 Å². The number of nitrogens with zero attached hydrogens (tertiary/aromatic N) is 4. The van der Waals surface area contributed by atoms with Crippen molar-refractivity contribution >= 4 is 5.91 Å². The number of aromatic nitrogens is 4. The average molecular weight is 231 g/mol. The first-order valence-corrected chi connectivity index (χ1v) is 5.28. The number of nitrogens with one attached hydrogen (secondary N) is 1. The highest BCUT2D eigenvalue weighted by atomic mass is 16.1. The summed E-state index contributed by atoms with van der Waals surface area (Å²) in [4.78, 5) is 23.5. The van der Waals surface area contributed by atoms with Crippen molar-refractivity contribution in [1.82, 2.24) is 24.8 Å². The molecule has 88 valence electrons. The third kappa shape index (κ3) is 3.10. The molecule has 0 saturated heterocycles. The normalized spacial score (nSPS) is 12.1. The summed E-state index contributed by atoms with van der Waals surface area (Å²) >= 11 is 0. The monoisotopic (exact) mass is 231 g/mol. The van der Waals surface area contributed by atoms with E-state index in [9.17, 15) is 4.79 Å². The highest BCUT2D eigenvalue weighted by Crippen LogP contribution is 1.95. The Hall–Kier alpha value is -2.24. The largest absolute Gasteiger partial charge is 0.346 e. The Kier molecular flexibility index (Phi) is 3.44. The smallest absolute Gasteiger partial charge is 0.271 e. The van der Waals surface area contributed by atoms with E-state index in [0.717, 1.165) is 0 Å². The molecule has 0 aliphatic heterocycles. The molecule has 0 aliphatic carbocycles. The van der Waals surface area contributed by atoms with Crippen LogP contribution in [-0.4, -0.2) is 31.5 Å². The summed E-state index contributed by atoms with van der Waals surface area (Å²) in [5.41, 5.74) is 0.324. The number of amides is 1. The van der Waals surface area contributed by atoms with Gasteiger partial charge in [-0.1, -0.05) is 0 Å². The quantitative estimate of drug-likeness (QED) is 0.831. The molecule has 0 aromatic carbocycles. The summed E-state index contributed by atoms with van der Waals surface area (Å²) < 4.78 is 1.90. The molecule has 6 nitrogen and oxygen atoms in total. The molecule has 2 aromatic heterocycles. The van der Waals surface area contributed by atoms with Gasteiger partial charge in [0.15, 0.2) is 0 Å². The van der Waals surface area contributed by atoms with Crippen LogP contribution in [0.3, 0.4) is 0 Å². The summed E-state index contributed by atoms with van der Waals surface area (Å²) in [5, 5.41) is 2.84. The van der Waals surface area contributed by atoms with Gasteiger partial charge in [0, 0.05) is 37.4 Å². The second-order valence-corrected chi connectivity index (χ2v) is 3.72. The summed E-state index contributed by atoms with van der Waals surface area (Å²) in [6, 6.07) is -0.00120. The molecule has 0 bridgehead atoms. The Morgan fingerprint density at radius 3 is 2.94 bits per heavy atom. The fraction of sp³-hybridized carbons (Fsp3) is 0.273. The lowest BCUT2D eigenvalue weighted by Gasteiger charge is -2.13. The van der Waals surface area contributed by atoms with Gasteiger partial charge in [0.2, 0.25) is 0 Å². The fourth-order valence-electron chi connectivity index (χ4n) is 1.47. The van der Waals surface area contributed by atoms with Crippen molar-refractivity contribution in [2.75, 3.05) is 0 Å². The predicted octanol–water partition coefficient (Wildman–Crippen LogP) is 0.492. The van der Waals surface area contributed by atoms with Crippen molar-refractivity contribution in [1.29, 1.82) is 0 Å². The van der Waals surface area contributed by atoms with Gasteiger partial charge in [-0.15, -0.1) is 0 Å². The number of hydrogen-bond donors (Lipinski definition) is 1. The Bertz CT molecular complexity index is 468. The molecule has 1 amide bonds. The summed E-state index contributed by atoms with van der Waals surface area (Å²) in [5.74, 6) is -0.217. The zero-order chi connectivity index (χ0) is 12.1. The number of carbonyl (C=O) groups is 1. The van der Waals surface area contributed by atoms with Crippen LogP contribution in [0.2, 0.25) is 0 Å². The zero-order valence-electron chi connectivity index (χ0n) is 9.45. The van der Waals surface area contributed by atoms with E-state index >= 15 is 0 Å². The van der Waals surface area contributed by atoms with Crippen LogP contribution >= 0.6 is 0 Å². The molecule has 6 heteroatoms. The third-order valence-electron chi connectivity index (χ3n) is 2.22. The second kappa shape index (κ2) is 5.20. The van der Waals surface area contributed by atoms with Gasteiger partial charge < -0.3 is 9.88 Å². The molecule has 0 spiro atoms. The molecule has 17 heavy (non-hydrogen) atoms. The van der Waals surface area contributed by atoms with E-state index in [1.54, 1.807) is 12.5 Å². The van der Waals surface area contributed by atoms with E-state index in [0.29, 0.717) is 12.2 Å². The lowest BCUT2D eigenvalue weighted by Crippen LogP contribution is -2.35. The topological polar surface area (TPSA) is 72.7 Å². The SMILES string of the molecule is C[C@H](Cn1ccnc1)NC(=O)c1cnccn1. The molecular formula is C11H13N5O. The maximum absolute atomic E-state index is 11.7. The maximum atomic E-state index is 11.7. The van der Waals surface area contributed by atoms with Crippen LogP contribution in [0.4, 0.5) is 0 Å². The molecule has 2 heterocycles. The fourth-order valence-corrected chi connectivity index (χ4v) is 1.47. The van der Waals surface area contributed by atoms with Gasteiger partial charge in [-0.2, -0.15) is 0 Å². The molecule has 0 aliphatic rings. The van der Waals surface area contributed by atoms with Gasteiger partial charge in [0.25, 0.3) is 5.91 Å². The van der Waals surface area contributed by atoms with Crippen molar-refractivity contribution in [3.05, 3.63) is 43.0 Å². The maximum Gasteiger partial charge on any atom is 0.271 e. The van der Waals surface area contributed by atoms with Gasteiger partial charge >= 0.3 is 0 Å². The van der Waals surface area contributed by atoms with Gasteiger partial charge in [0.1, 0.15) is 5.69 Å². The minimum absolute atomic E-state index is 0.00120. The molecule has 2 aromatic rings. The van der Waals surface area contributed by atoms with Crippen molar-refractivity contribution < 1.29 is 4.79 Å². The van der Waals surface area contributed by atoms with Gasteiger partial charge in [-0.25, -0.2) is 9.97 Å². The molecule has 0 radical (unpaired) electrons. The number of carbonyl (C=O) groups excluding carboxylic acids is 1. The van der Waals surface area contributed by atoms with E-state index in [1.165, 1.54) is 18.6 Å². The van der Waals surface area contributed by atoms with E-state index in [-0.39, 0.29) is 11.9 Å². The highest BCUT2D eigenvalue weighted by Gasteiger charge is 2.10. The van der Waals surface area contributed by atoms with E-state index < -0.39 is 0 Å². The van der Waals surface area contributed by atoms with Crippen LogP contribution in [0.5, 0.6) is 0 Å². The van der Waals surface area contributed by atoms with E-state index in [1.807, 2.05) is 17.7 Å². The summed E-state index contributed by atoms with van der Waals surface area (Å²) in [6.45, 7) is 2.60. The zero-order valence-corrected chi connectivity index (χ0v) is 9.45. The Morgan fingerprint density at radius 1 is 1.41 bits per heavy atom. The molecule has 0 unspecified atom stereocenters. The summed E-state index contributed by atoms with van der Waals surface area (Å²) in [6.07, 6.45) is 9.74. The van der Waals surface area contributed by atoms with Crippen LogP contribution in [0, 0.1) is 0 Å². The summed E-state index contributed by atoms with van der Waals surface area (Å²) in [7, 11) is 0. The molecule has 0 saturated carbocycles. The number of rotatable bonds is 4. The lowest BCUT2D eigenvalue weighted by molar-refractivity contribution is 0.0931. The van der Waals surface area contributed by atoms with Crippen LogP contribution in [0.1, 0.15) is 17.4 Å². The molecular weight excluding hydrogens is 218 g/mol. The predicted molar refractivity (Wildman–Crippen MR) is 61.2 cm³/mol. The first kappa shape index (κ1) is 11.3. The third-order valence-corrected chi connectivity index (χ3v) is 2.22. The van der Waals surface area contributed by atoms with Crippen LogP contribution in [0.25, 0.3) is 0 Å². The second-order valence-electron chi connectivity index (χ2n) is 3.72. The van der Waals surface area contributed by atoms with Crippen LogP contribution < -0.4 is 5.32 Å². The first-order chi connectivity index (χ1) is 8.25. The lowest BCUT2D eigenvalue weighted by atomic mass is 10.3. The Balaban J connectivity index is 1.91. The highest BCUT2D eigenvalue weighted by molar-refractivity contribution is 5.92. The van der Waals surface area contributed by atoms with Crippen molar-refractivity contribution in [3.8, 4) is 0 Å². The van der Waals surface area contributed by atoms with E-state index in [2.05, 4.69) is 20.3 Å². The van der Waals surface area contributed by atoms with Crippen molar-refractivity contribution in [2.24, 2.45) is 0 Å². The van der Waals surface area contributed by atoms with Crippen molar-refractivity contribution in [2.45, 2.75) is 19.5 Å². The minimum Gasteiger partial charge on any atom is -0.346 e.